The highest BCUT2D eigenvalue weighted by atomic mass is 35.5. The van der Waals surface area contributed by atoms with Crippen LogP contribution in [0.15, 0.2) is 35.3 Å². The zero-order chi connectivity index (χ0) is 10.8. The molecule has 0 saturated carbocycles. The van der Waals surface area contributed by atoms with Crippen LogP contribution in [0, 0.1) is 0 Å². The number of aromatic nitrogens is 2. The highest BCUT2D eigenvalue weighted by Crippen LogP contribution is 2.10. The summed E-state index contributed by atoms with van der Waals surface area (Å²) >= 11 is 5.83. The molecule has 0 fully saturated rings. The molecule has 0 aliphatic carbocycles. The van der Waals surface area contributed by atoms with E-state index in [9.17, 15) is 4.79 Å². The molecule has 3 N–H and O–H groups in total. The molecule has 5 heteroatoms. The first-order valence-electron chi connectivity index (χ1n) is 4.45. The summed E-state index contributed by atoms with van der Waals surface area (Å²) < 4.78 is 1.45. The molecular weight excluding hydrogens is 214 g/mol. The van der Waals surface area contributed by atoms with Crippen LogP contribution in [0.2, 0.25) is 5.15 Å². The van der Waals surface area contributed by atoms with E-state index in [1.54, 1.807) is 12.1 Å². The number of hydrogen-bond acceptors (Lipinski definition) is 2. The number of imidazole rings is 1. The van der Waals surface area contributed by atoms with Gasteiger partial charge in [0.2, 0.25) is 0 Å². The van der Waals surface area contributed by atoms with E-state index < -0.39 is 0 Å². The van der Waals surface area contributed by atoms with Crippen molar-refractivity contribution < 1.29 is 0 Å². The molecule has 0 aliphatic rings. The summed E-state index contributed by atoms with van der Waals surface area (Å²) in [6.45, 7) is 0.446. The van der Waals surface area contributed by atoms with Gasteiger partial charge in [0.05, 0.1) is 6.54 Å². The fourth-order valence-corrected chi connectivity index (χ4v) is 1.52. The molecule has 1 aromatic heterocycles. The van der Waals surface area contributed by atoms with E-state index in [4.69, 9.17) is 17.3 Å². The molecule has 78 valence electrons. The Labute approximate surface area is 91.3 Å². The normalized spacial score (nSPS) is 10.5. The predicted octanol–water partition coefficient (Wildman–Crippen LogP) is 1.46. The van der Waals surface area contributed by atoms with Crippen molar-refractivity contribution in [2.45, 2.75) is 6.54 Å². The van der Waals surface area contributed by atoms with Crippen LogP contribution in [-0.4, -0.2) is 9.55 Å². The first-order chi connectivity index (χ1) is 7.16. The van der Waals surface area contributed by atoms with E-state index in [1.165, 1.54) is 10.8 Å². The minimum atomic E-state index is -0.211. The number of hydrogen-bond donors (Lipinski definition) is 2. The van der Waals surface area contributed by atoms with Crippen molar-refractivity contribution >= 4 is 17.3 Å². The van der Waals surface area contributed by atoms with Gasteiger partial charge in [-0.3, -0.25) is 4.57 Å². The van der Waals surface area contributed by atoms with Crippen molar-refractivity contribution in [2.24, 2.45) is 0 Å². The van der Waals surface area contributed by atoms with Gasteiger partial charge in [-0.1, -0.05) is 23.7 Å². The Hall–Kier alpha value is -1.68. The number of nitrogens with zero attached hydrogens (tertiary/aromatic N) is 1. The highest BCUT2D eigenvalue weighted by Gasteiger charge is 2.03. The van der Waals surface area contributed by atoms with Gasteiger partial charge in [0.1, 0.15) is 5.15 Å². The zero-order valence-electron chi connectivity index (χ0n) is 7.90. The smallest absolute Gasteiger partial charge is 0.326 e. The Morgan fingerprint density at radius 3 is 2.53 bits per heavy atom. The maximum atomic E-state index is 11.3. The van der Waals surface area contributed by atoms with E-state index >= 15 is 0 Å². The number of nitrogens with one attached hydrogen (secondary N) is 1. The molecule has 4 nitrogen and oxygen atoms in total. The van der Waals surface area contributed by atoms with Crippen molar-refractivity contribution in [3.63, 3.8) is 0 Å². The first kappa shape index (κ1) is 9.86. The van der Waals surface area contributed by atoms with Gasteiger partial charge in [-0.15, -0.1) is 0 Å². The first-order valence-corrected chi connectivity index (χ1v) is 4.83. The Balaban J connectivity index is 2.29. The Morgan fingerprint density at radius 2 is 2.00 bits per heavy atom. The summed E-state index contributed by atoms with van der Waals surface area (Å²) in [4.78, 5) is 13.8. The number of rotatable bonds is 2. The lowest BCUT2D eigenvalue weighted by Crippen LogP contribution is -2.17. The second-order valence-corrected chi connectivity index (χ2v) is 3.63. The Morgan fingerprint density at radius 1 is 1.33 bits per heavy atom. The van der Waals surface area contributed by atoms with Crippen molar-refractivity contribution in [3.05, 3.63) is 51.7 Å². The number of nitrogens with two attached hydrogens (primary N) is 1. The largest absolute Gasteiger partial charge is 0.399 e. The molecule has 0 bridgehead atoms. The number of benzene rings is 1. The molecule has 0 saturated heterocycles. The molecule has 2 aromatic rings. The van der Waals surface area contributed by atoms with E-state index in [-0.39, 0.29) is 5.69 Å². The lowest BCUT2D eigenvalue weighted by atomic mass is 10.2. The molecule has 1 aromatic carbocycles. The quantitative estimate of drug-likeness (QED) is 0.758. The van der Waals surface area contributed by atoms with Crippen molar-refractivity contribution in [3.8, 4) is 0 Å². The van der Waals surface area contributed by atoms with Gasteiger partial charge in [0.25, 0.3) is 0 Å². The van der Waals surface area contributed by atoms with Crippen LogP contribution in [0.3, 0.4) is 0 Å². The molecule has 0 atom stereocenters. The number of nitrogen functional groups attached to an aromatic ring is 1. The third-order valence-electron chi connectivity index (χ3n) is 2.14. The third-order valence-corrected chi connectivity index (χ3v) is 2.45. The average Bonchev–Trinajstić information content (AvgIpc) is 2.53. The van der Waals surface area contributed by atoms with Gasteiger partial charge in [0, 0.05) is 11.9 Å². The number of aromatic amines is 1. The summed E-state index contributed by atoms with van der Waals surface area (Å²) in [7, 11) is 0. The molecule has 0 radical (unpaired) electrons. The molecule has 2 rings (SSSR count). The Bertz CT molecular complexity index is 512. The SMILES string of the molecule is Nc1ccc(Cn2c(Cl)c[nH]c2=O)cc1. The van der Waals surface area contributed by atoms with Crippen LogP contribution in [0.5, 0.6) is 0 Å². The van der Waals surface area contributed by atoms with Crippen molar-refractivity contribution in [1.82, 2.24) is 9.55 Å². The maximum absolute atomic E-state index is 11.3. The monoisotopic (exact) mass is 223 g/mol. The lowest BCUT2D eigenvalue weighted by Gasteiger charge is -2.03. The van der Waals surface area contributed by atoms with Gasteiger partial charge >= 0.3 is 5.69 Å². The molecule has 0 unspecified atom stereocenters. The minimum Gasteiger partial charge on any atom is -0.399 e. The van der Waals surface area contributed by atoms with Gasteiger partial charge in [-0.25, -0.2) is 4.79 Å². The summed E-state index contributed by atoms with van der Waals surface area (Å²) in [6.07, 6.45) is 1.47. The number of halogens is 1. The fraction of sp³-hybridized carbons (Fsp3) is 0.100. The number of anilines is 1. The zero-order valence-corrected chi connectivity index (χ0v) is 8.66. The van der Waals surface area contributed by atoms with E-state index in [2.05, 4.69) is 4.98 Å². The average molecular weight is 224 g/mol. The summed E-state index contributed by atoms with van der Waals surface area (Å²) in [5.41, 5.74) is 7.03. The molecular formula is C10H10ClN3O. The van der Waals surface area contributed by atoms with E-state index in [0.717, 1.165) is 5.56 Å². The van der Waals surface area contributed by atoms with E-state index in [0.29, 0.717) is 17.4 Å². The van der Waals surface area contributed by atoms with Crippen molar-refractivity contribution in [1.29, 1.82) is 0 Å². The van der Waals surface area contributed by atoms with Crippen LogP contribution >= 0.6 is 11.6 Å². The van der Waals surface area contributed by atoms with Crippen LogP contribution in [0.4, 0.5) is 5.69 Å². The number of H-pyrrole nitrogens is 1. The third kappa shape index (κ3) is 2.05. The fourth-order valence-electron chi connectivity index (χ4n) is 1.33. The predicted molar refractivity (Wildman–Crippen MR) is 60.0 cm³/mol. The van der Waals surface area contributed by atoms with Gasteiger partial charge in [-0.2, -0.15) is 0 Å². The summed E-state index contributed by atoms with van der Waals surface area (Å²) in [5, 5.41) is 0.400. The second kappa shape index (κ2) is 3.82. The van der Waals surface area contributed by atoms with E-state index in [1.807, 2.05) is 12.1 Å². The topological polar surface area (TPSA) is 63.8 Å². The standard InChI is InChI=1S/C10H10ClN3O/c11-9-5-13-10(15)14(9)6-7-1-3-8(12)4-2-7/h1-5H,6,12H2,(H,13,15). The lowest BCUT2D eigenvalue weighted by molar-refractivity contribution is 0.763. The summed E-state index contributed by atoms with van der Waals surface area (Å²) in [5.74, 6) is 0. The van der Waals surface area contributed by atoms with Crippen LogP contribution < -0.4 is 11.4 Å². The van der Waals surface area contributed by atoms with Gasteiger partial charge in [-0.05, 0) is 17.7 Å². The second-order valence-electron chi connectivity index (χ2n) is 3.24. The van der Waals surface area contributed by atoms with Crippen molar-refractivity contribution in [2.75, 3.05) is 5.73 Å². The van der Waals surface area contributed by atoms with Gasteiger partial charge < -0.3 is 10.7 Å². The molecule has 0 amide bonds. The maximum Gasteiger partial charge on any atom is 0.326 e. The molecule has 15 heavy (non-hydrogen) atoms. The van der Waals surface area contributed by atoms with Gasteiger partial charge in [0.15, 0.2) is 0 Å². The Kier molecular flexibility index (Phi) is 2.51. The molecule has 0 aliphatic heterocycles. The van der Waals surface area contributed by atoms with Crippen LogP contribution in [-0.2, 0) is 6.54 Å². The summed E-state index contributed by atoms with van der Waals surface area (Å²) in [6, 6.07) is 7.32. The van der Waals surface area contributed by atoms with Crippen LogP contribution in [0.25, 0.3) is 0 Å². The highest BCUT2D eigenvalue weighted by molar-refractivity contribution is 6.29. The molecule has 0 spiro atoms. The molecule has 1 heterocycles. The minimum absolute atomic E-state index is 0.211. The van der Waals surface area contributed by atoms with Crippen LogP contribution in [0.1, 0.15) is 5.56 Å².